The van der Waals surface area contributed by atoms with E-state index >= 15 is 0 Å². The van der Waals surface area contributed by atoms with Crippen molar-refractivity contribution in [2.24, 2.45) is 23.7 Å². The quantitative estimate of drug-likeness (QED) is 0.403. The van der Waals surface area contributed by atoms with Gasteiger partial charge in [-0.2, -0.15) is 0 Å². The van der Waals surface area contributed by atoms with Crippen LogP contribution in [-0.4, -0.2) is 0 Å². The average Bonchev–Trinajstić information content (AvgIpc) is 2.70. The molecule has 0 amide bonds. The van der Waals surface area contributed by atoms with Crippen LogP contribution in [0.5, 0.6) is 0 Å². The van der Waals surface area contributed by atoms with E-state index in [1.54, 1.807) is 5.56 Å². The Kier molecular flexibility index (Phi) is 8.28. The molecule has 2 saturated carbocycles. The highest BCUT2D eigenvalue weighted by atomic mass is 14.4. The molecule has 0 nitrogen and oxygen atoms in total. The van der Waals surface area contributed by atoms with Crippen molar-refractivity contribution in [2.45, 2.75) is 110 Å². The van der Waals surface area contributed by atoms with Gasteiger partial charge in [0.2, 0.25) is 0 Å². The van der Waals surface area contributed by atoms with Crippen LogP contribution in [-0.2, 0) is 6.42 Å². The molecule has 0 aliphatic heterocycles. The lowest BCUT2D eigenvalue weighted by atomic mass is 9.64. The summed E-state index contributed by atoms with van der Waals surface area (Å²) in [6, 6.07) is 9.65. The summed E-state index contributed by atoms with van der Waals surface area (Å²) in [5, 5.41) is 0. The zero-order valence-corrected chi connectivity index (χ0v) is 18.4. The highest BCUT2D eigenvalue weighted by molar-refractivity contribution is 5.26. The van der Waals surface area contributed by atoms with Gasteiger partial charge in [-0.05, 0) is 79.2 Å². The third-order valence-corrected chi connectivity index (χ3v) is 7.93. The van der Waals surface area contributed by atoms with Crippen LogP contribution in [0.15, 0.2) is 24.3 Å². The van der Waals surface area contributed by atoms with Gasteiger partial charge in [-0.15, -0.1) is 0 Å². The molecular weight excluding hydrogens is 324 g/mol. The standard InChI is InChI=1S/C27H44/c1-4-6-7-9-23-10-14-24(15-11-23)26-18-19-27(21(3)20-26)25-16-12-22(8-5-2)13-17-25/h12-13,16-17,21,23-24,26-27H,4-11,14-15,18-20H2,1-3H3/t21-,23?,24?,26?,27-/m1/s1. The Labute approximate surface area is 169 Å². The minimum Gasteiger partial charge on any atom is -0.0654 e. The van der Waals surface area contributed by atoms with Gasteiger partial charge in [0.1, 0.15) is 0 Å². The fourth-order valence-corrected chi connectivity index (χ4v) is 6.21. The van der Waals surface area contributed by atoms with Gasteiger partial charge in [0.15, 0.2) is 0 Å². The SMILES string of the molecule is CCCCCC1CCC(C2CC[C@@H](c3ccc(CCC)cc3)[C@H](C)C2)CC1. The maximum atomic E-state index is 2.53. The van der Waals surface area contributed by atoms with Gasteiger partial charge in [0.05, 0.1) is 0 Å². The summed E-state index contributed by atoms with van der Waals surface area (Å²) in [7, 11) is 0. The van der Waals surface area contributed by atoms with E-state index in [4.69, 9.17) is 0 Å². The Morgan fingerprint density at radius 1 is 0.778 bits per heavy atom. The highest BCUT2D eigenvalue weighted by Crippen LogP contribution is 2.47. The van der Waals surface area contributed by atoms with Gasteiger partial charge in [-0.25, -0.2) is 0 Å². The Morgan fingerprint density at radius 2 is 1.48 bits per heavy atom. The summed E-state index contributed by atoms with van der Waals surface area (Å²) >= 11 is 0. The van der Waals surface area contributed by atoms with Crippen molar-refractivity contribution in [1.82, 2.24) is 0 Å². The Morgan fingerprint density at radius 3 is 2.11 bits per heavy atom. The Bertz CT molecular complexity index is 519. The first-order valence-corrected chi connectivity index (χ1v) is 12.3. The monoisotopic (exact) mass is 368 g/mol. The van der Waals surface area contributed by atoms with Crippen LogP contribution in [0.2, 0.25) is 0 Å². The second-order valence-electron chi connectivity index (χ2n) is 9.93. The van der Waals surface area contributed by atoms with E-state index in [-0.39, 0.29) is 0 Å². The molecule has 2 fully saturated rings. The van der Waals surface area contributed by atoms with Crippen LogP contribution in [0.3, 0.4) is 0 Å². The molecular formula is C27H44. The van der Waals surface area contributed by atoms with E-state index in [1.807, 2.05) is 0 Å². The molecule has 152 valence electrons. The largest absolute Gasteiger partial charge is 0.0654 e. The highest BCUT2D eigenvalue weighted by Gasteiger charge is 2.34. The molecule has 0 saturated heterocycles. The molecule has 0 heteroatoms. The van der Waals surface area contributed by atoms with E-state index in [0.717, 1.165) is 29.6 Å². The summed E-state index contributed by atoms with van der Waals surface area (Å²) in [6.07, 6.45) is 18.8. The second-order valence-corrected chi connectivity index (χ2v) is 9.93. The molecule has 1 aromatic rings. The zero-order chi connectivity index (χ0) is 19.1. The van der Waals surface area contributed by atoms with Gasteiger partial charge in [-0.3, -0.25) is 0 Å². The summed E-state index contributed by atoms with van der Waals surface area (Å²) in [4.78, 5) is 0. The number of rotatable bonds is 8. The fourth-order valence-electron chi connectivity index (χ4n) is 6.21. The number of aryl methyl sites for hydroxylation is 1. The molecule has 3 atom stereocenters. The average molecular weight is 369 g/mol. The molecule has 0 radical (unpaired) electrons. The van der Waals surface area contributed by atoms with Gasteiger partial charge >= 0.3 is 0 Å². The van der Waals surface area contributed by atoms with E-state index in [2.05, 4.69) is 45.0 Å². The van der Waals surface area contributed by atoms with Crippen molar-refractivity contribution in [3.63, 3.8) is 0 Å². The molecule has 0 spiro atoms. The van der Waals surface area contributed by atoms with Gasteiger partial charge in [0.25, 0.3) is 0 Å². The molecule has 27 heavy (non-hydrogen) atoms. The van der Waals surface area contributed by atoms with Crippen molar-refractivity contribution in [3.8, 4) is 0 Å². The lowest BCUT2D eigenvalue weighted by Crippen LogP contribution is -2.29. The lowest BCUT2D eigenvalue weighted by molar-refractivity contribution is 0.130. The first-order chi connectivity index (χ1) is 13.2. The number of unbranched alkanes of at least 4 members (excludes halogenated alkanes) is 2. The van der Waals surface area contributed by atoms with Crippen LogP contribution in [0.1, 0.15) is 115 Å². The predicted molar refractivity (Wildman–Crippen MR) is 119 cm³/mol. The van der Waals surface area contributed by atoms with Crippen LogP contribution in [0.25, 0.3) is 0 Å². The van der Waals surface area contributed by atoms with Gasteiger partial charge in [-0.1, -0.05) is 90.0 Å². The fraction of sp³-hybridized carbons (Fsp3) is 0.778. The first kappa shape index (κ1) is 20.9. The molecule has 2 aliphatic carbocycles. The van der Waals surface area contributed by atoms with Crippen LogP contribution < -0.4 is 0 Å². The maximum absolute atomic E-state index is 2.53. The minimum atomic E-state index is 0.808. The molecule has 3 rings (SSSR count). The maximum Gasteiger partial charge on any atom is -0.0136 e. The molecule has 0 N–H and O–H groups in total. The smallest absolute Gasteiger partial charge is 0.0136 e. The molecule has 0 heterocycles. The predicted octanol–water partition coefficient (Wildman–Crippen LogP) is 8.55. The first-order valence-electron chi connectivity index (χ1n) is 12.3. The Hall–Kier alpha value is -0.780. The molecule has 0 bridgehead atoms. The number of benzene rings is 1. The molecule has 2 aliphatic rings. The zero-order valence-electron chi connectivity index (χ0n) is 18.4. The summed E-state index contributed by atoms with van der Waals surface area (Å²) in [5.41, 5.74) is 3.12. The molecule has 1 unspecified atom stereocenters. The van der Waals surface area contributed by atoms with Crippen LogP contribution in [0.4, 0.5) is 0 Å². The van der Waals surface area contributed by atoms with Crippen molar-refractivity contribution in [3.05, 3.63) is 35.4 Å². The number of hydrogen-bond acceptors (Lipinski definition) is 0. The van der Waals surface area contributed by atoms with Crippen molar-refractivity contribution in [2.75, 3.05) is 0 Å². The van der Waals surface area contributed by atoms with Crippen molar-refractivity contribution in [1.29, 1.82) is 0 Å². The second kappa shape index (κ2) is 10.7. The minimum absolute atomic E-state index is 0.808. The lowest BCUT2D eigenvalue weighted by Gasteiger charge is -2.41. The topological polar surface area (TPSA) is 0 Å². The van der Waals surface area contributed by atoms with Crippen molar-refractivity contribution < 1.29 is 0 Å². The summed E-state index contributed by atoms with van der Waals surface area (Å²) < 4.78 is 0. The van der Waals surface area contributed by atoms with E-state index < -0.39 is 0 Å². The van der Waals surface area contributed by atoms with E-state index in [0.29, 0.717) is 0 Å². The third kappa shape index (κ3) is 5.85. The van der Waals surface area contributed by atoms with Gasteiger partial charge in [0, 0.05) is 0 Å². The molecule has 1 aromatic carbocycles. The van der Waals surface area contributed by atoms with Crippen LogP contribution >= 0.6 is 0 Å². The number of hydrogen-bond donors (Lipinski definition) is 0. The van der Waals surface area contributed by atoms with Gasteiger partial charge < -0.3 is 0 Å². The van der Waals surface area contributed by atoms with Crippen molar-refractivity contribution >= 4 is 0 Å². The third-order valence-electron chi connectivity index (χ3n) is 7.93. The Balaban J connectivity index is 1.46. The summed E-state index contributed by atoms with van der Waals surface area (Å²) in [6.45, 7) is 7.14. The normalized spacial score (nSPS) is 31.7. The van der Waals surface area contributed by atoms with E-state index in [1.165, 1.54) is 89.0 Å². The molecule has 0 aromatic heterocycles. The van der Waals surface area contributed by atoms with Crippen LogP contribution in [0, 0.1) is 23.7 Å². The summed E-state index contributed by atoms with van der Waals surface area (Å²) in [5.74, 6) is 4.79. The van der Waals surface area contributed by atoms with E-state index in [9.17, 15) is 0 Å².